The summed E-state index contributed by atoms with van der Waals surface area (Å²) in [7, 11) is -3.73. The number of amides is 1. The van der Waals surface area contributed by atoms with Crippen molar-refractivity contribution in [3.8, 4) is 0 Å². The molecule has 1 heterocycles. The van der Waals surface area contributed by atoms with E-state index in [0.717, 1.165) is 35.3 Å². The number of nitrogens with zero attached hydrogens (tertiary/aromatic N) is 2. The van der Waals surface area contributed by atoms with Gasteiger partial charge in [-0.15, -0.1) is 0 Å². The summed E-state index contributed by atoms with van der Waals surface area (Å²) >= 11 is 0. The molecule has 0 saturated carbocycles. The van der Waals surface area contributed by atoms with E-state index >= 15 is 0 Å². The third kappa shape index (κ3) is 9.13. The van der Waals surface area contributed by atoms with Crippen molar-refractivity contribution in [2.24, 2.45) is 0 Å². The Hall–Kier alpha value is -2.96. The average Bonchev–Trinajstić information content (AvgIpc) is 2.83. The molecule has 0 aromatic heterocycles. The fraction of sp³-hybridized carbons (Fsp3) is 0.440. The predicted octanol–water partition coefficient (Wildman–Crippen LogP) is 3.26. The normalized spacial score (nSPS) is 14.2. The van der Waals surface area contributed by atoms with E-state index in [0.29, 0.717) is 13.1 Å². The number of carbonyl (C=O) groups excluding carboxylic acids is 1. The SMILES string of the molecule is Cc1cccc(CN(CCC(=O)N2CCNCC2)S(=O)(=O)c2ccc(C)c(C)c2)c1.O=C(O)C(F)(F)F. The second-order valence-corrected chi connectivity index (χ2v) is 10.7. The van der Waals surface area contributed by atoms with Crippen LogP contribution in [0.3, 0.4) is 0 Å². The molecule has 2 aromatic carbocycles. The number of carboxylic acid groups (broad SMARTS) is 1. The van der Waals surface area contributed by atoms with Gasteiger partial charge in [0.2, 0.25) is 15.9 Å². The van der Waals surface area contributed by atoms with Crippen LogP contribution in [-0.4, -0.2) is 73.5 Å². The first kappa shape index (κ1) is 30.3. The van der Waals surface area contributed by atoms with E-state index in [-0.39, 0.29) is 30.3 Å². The van der Waals surface area contributed by atoms with Crippen LogP contribution in [-0.2, 0) is 26.2 Å². The summed E-state index contributed by atoms with van der Waals surface area (Å²) in [6, 6.07) is 13.0. The molecule has 0 spiro atoms. The molecule has 12 heteroatoms. The first-order valence-corrected chi connectivity index (χ1v) is 13.1. The molecule has 0 aliphatic carbocycles. The summed E-state index contributed by atoms with van der Waals surface area (Å²) in [5.74, 6) is -2.76. The highest BCUT2D eigenvalue weighted by Gasteiger charge is 2.38. The van der Waals surface area contributed by atoms with Crippen molar-refractivity contribution in [3.05, 3.63) is 64.7 Å². The maximum atomic E-state index is 13.5. The molecule has 8 nitrogen and oxygen atoms in total. The highest BCUT2D eigenvalue weighted by atomic mass is 32.2. The fourth-order valence-electron chi connectivity index (χ4n) is 3.61. The van der Waals surface area contributed by atoms with Crippen LogP contribution in [0.1, 0.15) is 28.7 Å². The number of sulfonamides is 1. The maximum Gasteiger partial charge on any atom is 0.490 e. The standard InChI is InChI=1S/C23H31N3O3S.C2HF3O2/c1-18-5-4-6-21(15-18)17-26(12-9-23(27)25-13-10-24-11-14-25)30(28,29)22-8-7-19(2)20(3)16-22;3-2(4,5)1(6)7/h4-8,15-16,24H,9-14,17H2,1-3H3;(H,6,7). The smallest absolute Gasteiger partial charge is 0.475 e. The van der Waals surface area contributed by atoms with Gasteiger partial charge in [-0.2, -0.15) is 17.5 Å². The number of carbonyl (C=O) groups is 2. The Bertz CT molecular complexity index is 1200. The van der Waals surface area contributed by atoms with E-state index in [1.54, 1.807) is 12.1 Å². The number of piperazine rings is 1. The molecule has 3 rings (SSSR count). The third-order valence-corrected chi connectivity index (χ3v) is 7.69. The molecular weight excluding hydrogens is 511 g/mol. The zero-order valence-electron chi connectivity index (χ0n) is 21.0. The molecule has 0 unspecified atom stereocenters. The van der Waals surface area contributed by atoms with Crippen LogP contribution in [0.15, 0.2) is 47.4 Å². The zero-order valence-corrected chi connectivity index (χ0v) is 21.8. The van der Waals surface area contributed by atoms with Crippen molar-refractivity contribution < 1.29 is 36.3 Å². The predicted molar refractivity (Wildman–Crippen MR) is 132 cm³/mol. The summed E-state index contributed by atoms with van der Waals surface area (Å²) in [5, 5.41) is 10.4. The first-order valence-electron chi connectivity index (χ1n) is 11.6. The monoisotopic (exact) mass is 543 g/mol. The van der Waals surface area contributed by atoms with Crippen LogP contribution in [0.4, 0.5) is 13.2 Å². The number of carboxylic acids is 1. The van der Waals surface area contributed by atoms with Gasteiger partial charge in [0.1, 0.15) is 0 Å². The number of benzene rings is 2. The number of aliphatic carboxylic acids is 1. The summed E-state index contributed by atoms with van der Waals surface area (Å²) in [5.41, 5.74) is 3.97. The Balaban J connectivity index is 0.000000604. The van der Waals surface area contributed by atoms with Gasteiger partial charge in [-0.3, -0.25) is 4.79 Å². The van der Waals surface area contributed by atoms with Gasteiger partial charge >= 0.3 is 12.1 Å². The molecule has 0 atom stereocenters. The van der Waals surface area contributed by atoms with Crippen LogP contribution in [0.2, 0.25) is 0 Å². The zero-order chi connectivity index (χ0) is 27.8. The topological polar surface area (TPSA) is 107 Å². The molecule has 0 bridgehead atoms. The second kappa shape index (κ2) is 13.0. The van der Waals surface area contributed by atoms with E-state index in [2.05, 4.69) is 5.32 Å². The van der Waals surface area contributed by atoms with Crippen LogP contribution in [0.5, 0.6) is 0 Å². The van der Waals surface area contributed by atoms with Crippen LogP contribution < -0.4 is 5.32 Å². The van der Waals surface area contributed by atoms with Crippen molar-refractivity contribution in [2.45, 2.75) is 44.8 Å². The highest BCUT2D eigenvalue weighted by molar-refractivity contribution is 7.89. The average molecular weight is 544 g/mol. The minimum Gasteiger partial charge on any atom is -0.475 e. The molecule has 37 heavy (non-hydrogen) atoms. The van der Waals surface area contributed by atoms with Crippen LogP contribution >= 0.6 is 0 Å². The van der Waals surface area contributed by atoms with E-state index in [1.807, 2.05) is 56.0 Å². The Morgan fingerprint density at radius 3 is 2.19 bits per heavy atom. The second-order valence-electron chi connectivity index (χ2n) is 8.76. The van der Waals surface area contributed by atoms with Gasteiger partial charge in [0.25, 0.3) is 0 Å². The molecule has 0 radical (unpaired) electrons. The molecule has 2 aromatic rings. The van der Waals surface area contributed by atoms with Gasteiger partial charge in [-0.25, -0.2) is 13.2 Å². The van der Waals surface area contributed by atoms with E-state index in [9.17, 15) is 26.4 Å². The van der Waals surface area contributed by atoms with Crippen molar-refractivity contribution in [2.75, 3.05) is 32.7 Å². The Morgan fingerprint density at radius 2 is 1.65 bits per heavy atom. The van der Waals surface area contributed by atoms with Gasteiger partial charge in [0.05, 0.1) is 4.90 Å². The summed E-state index contributed by atoms with van der Waals surface area (Å²) in [6.07, 6.45) is -4.91. The highest BCUT2D eigenvalue weighted by Crippen LogP contribution is 2.22. The molecule has 204 valence electrons. The molecule has 1 fully saturated rings. The number of alkyl halides is 3. The molecule has 1 aliphatic heterocycles. The summed E-state index contributed by atoms with van der Waals surface area (Å²) in [4.78, 5) is 23.6. The Labute approximate surface area is 215 Å². The number of hydrogen-bond donors (Lipinski definition) is 2. The van der Waals surface area contributed by atoms with Gasteiger partial charge in [-0.1, -0.05) is 35.9 Å². The van der Waals surface area contributed by atoms with Crippen molar-refractivity contribution in [1.82, 2.24) is 14.5 Å². The lowest BCUT2D eigenvalue weighted by atomic mass is 10.1. The number of rotatable bonds is 7. The third-order valence-electron chi connectivity index (χ3n) is 5.84. The largest absolute Gasteiger partial charge is 0.490 e. The van der Waals surface area contributed by atoms with Gasteiger partial charge in [0.15, 0.2) is 0 Å². The van der Waals surface area contributed by atoms with E-state index < -0.39 is 22.2 Å². The number of nitrogens with one attached hydrogen (secondary N) is 1. The number of halogens is 3. The minimum absolute atomic E-state index is 0.000953. The quantitative estimate of drug-likeness (QED) is 0.555. The number of hydrogen-bond acceptors (Lipinski definition) is 5. The van der Waals surface area contributed by atoms with Gasteiger partial charge in [0, 0.05) is 45.7 Å². The van der Waals surface area contributed by atoms with E-state index in [4.69, 9.17) is 9.90 Å². The molecule has 2 N–H and O–H groups in total. The first-order chi connectivity index (χ1) is 17.2. The minimum atomic E-state index is -5.08. The molecule has 1 saturated heterocycles. The van der Waals surface area contributed by atoms with Gasteiger partial charge in [-0.05, 0) is 49.6 Å². The Morgan fingerprint density at radius 1 is 1.03 bits per heavy atom. The maximum absolute atomic E-state index is 13.5. The summed E-state index contributed by atoms with van der Waals surface area (Å²) in [6.45, 7) is 9.15. The Kier molecular flexibility index (Phi) is 10.6. The van der Waals surface area contributed by atoms with Crippen molar-refractivity contribution in [1.29, 1.82) is 0 Å². The van der Waals surface area contributed by atoms with Crippen LogP contribution in [0, 0.1) is 20.8 Å². The van der Waals surface area contributed by atoms with Crippen molar-refractivity contribution in [3.63, 3.8) is 0 Å². The summed E-state index contributed by atoms with van der Waals surface area (Å²) < 4.78 is 60.1. The molecular formula is C25H32F3N3O5S. The van der Waals surface area contributed by atoms with Crippen LogP contribution in [0.25, 0.3) is 0 Å². The lowest BCUT2D eigenvalue weighted by Gasteiger charge is -2.29. The lowest BCUT2D eigenvalue weighted by molar-refractivity contribution is -0.192. The fourth-order valence-corrected chi connectivity index (χ4v) is 5.13. The van der Waals surface area contributed by atoms with Gasteiger partial charge < -0.3 is 15.3 Å². The lowest BCUT2D eigenvalue weighted by Crippen LogP contribution is -2.47. The number of aryl methyl sites for hydroxylation is 3. The van der Waals surface area contributed by atoms with E-state index in [1.165, 1.54) is 4.31 Å². The van der Waals surface area contributed by atoms with Crippen molar-refractivity contribution >= 4 is 21.9 Å². The molecule has 1 aliphatic rings. The molecule has 1 amide bonds.